The SMILES string of the molecule is CC(C)[C@@H]1CN(C(=O)CCc2ccnn2C)CC(=O)NCCCc2ccc(F)c(c2)C(=O)N2CCC[C@H]2C(=O)N1. The number of amides is 4. The van der Waals surface area contributed by atoms with Crippen LogP contribution in [-0.2, 0) is 34.3 Å². The highest BCUT2D eigenvalue weighted by atomic mass is 19.1. The predicted octanol–water partition coefficient (Wildman–Crippen LogP) is 1.83. The van der Waals surface area contributed by atoms with Gasteiger partial charge in [0.1, 0.15) is 11.9 Å². The van der Waals surface area contributed by atoms with E-state index < -0.39 is 23.8 Å². The summed E-state index contributed by atoms with van der Waals surface area (Å²) >= 11 is 0. The average molecular weight is 555 g/mol. The van der Waals surface area contributed by atoms with Crippen LogP contribution in [-0.4, -0.2) is 81.5 Å². The molecule has 0 aliphatic carbocycles. The van der Waals surface area contributed by atoms with E-state index in [-0.39, 0.29) is 48.7 Å². The normalized spacial score (nSPS) is 21.2. The summed E-state index contributed by atoms with van der Waals surface area (Å²) in [4.78, 5) is 56.1. The third-order valence-electron chi connectivity index (χ3n) is 7.80. The minimum absolute atomic E-state index is 0.0452. The fourth-order valence-electron chi connectivity index (χ4n) is 5.31. The number of fused-ring (bicyclic) bond motifs is 3. The van der Waals surface area contributed by atoms with Gasteiger partial charge in [-0.15, -0.1) is 0 Å². The van der Waals surface area contributed by atoms with Crippen LogP contribution < -0.4 is 10.6 Å². The Morgan fingerprint density at radius 2 is 1.98 bits per heavy atom. The average Bonchev–Trinajstić information content (AvgIpc) is 3.57. The van der Waals surface area contributed by atoms with E-state index in [9.17, 15) is 23.6 Å². The molecule has 216 valence electrons. The monoisotopic (exact) mass is 554 g/mol. The van der Waals surface area contributed by atoms with E-state index in [0.717, 1.165) is 11.3 Å². The summed E-state index contributed by atoms with van der Waals surface area (Å²) in [6, 6.07) is 5.13. The Labute approximate surface area is 234 Å². The molecule has 2 atom stereocenters. The number of carbonyl (C=O) groups is 4. The van der Waals surface area contributed by atoms with Crippen LogP contribution in [0.5, 0.6) is 0 Å². The van der Waals surface area contributed by atoms with E-state index in [1.807, 2.05) is 27.0 Å². The van der Waals surface area contributed by atoms with E-state index in [1.165, 1.54) is 15.9 Å². The Morgan fingerprint density at radius 1 is 1.18 bits per heavy atom. The molecule has 1 saturated heterocycles. The molecule has 4 amide bonds. The van der Waals surface area contributed by atoms with Crippen molar-refractivity contribution in [1.82, 2.24) is 30.2 Å². The predicted molar refractivity (Wildman–Crippen MR) is 147 cm³/mol. The van der Waals surface area contributed by atoms with Gasteiger partial charge in [0.25, 0.3) is 5.91 Å². The Bertz CT molecular complexity index is 1240. The molecule has 2 aliphatic heterocycles. The Kier molecular flexibility index (Phi) is 9.54. The number of hydrogen-bond acceptors (Lipinski definition) is 5. The molecule has 1 aromatic carbocycles. The van der Waals surface area contributed by atoms with Gasteiger partial charge in [-0.3, -0.25) is 23.9 Å². The number of rotatable bonds is 4. The van der Waals surface area contributed by atoms with Gasteiger partial charge in [-0.1, -0.05) is 19.9 Å². The molecule has 2 aliphatic rings. The molecular formula is C29H39FN6O4. The van der Waals surface area contributed by atoms with Crippen molar-refractivity contribution in [3.63, 3.8) is 0 Å². The fraction of sp³-hybridized carbons (Fsp3) is 0.552. The second-order valence-corrected chi connectivity index (χ2v) is 11.0. The van der Waals surface area contributed by atoms with Gasteiger partial charge >= 0.3 is 0 Å². The van der Waals surface area contributed by atoms with Crippen molar-refractivity contribution in [3.8, 4) is 0 Å². The highest BCUT2D eigenvalue weighted by Crippen LogP contribution is 2.23. The minimum atomic E-state index is -0.732. The number of nitrogens with one attached hydrogen (secondary N) is 2. The van der Waals surface area contributed by atoms with E-state index in [1.54, 1.807) is 23.0 Å². The number of aryl methyl sites for hydroxylation is 3. The van der Waals surface area contributed by atoms with Gasteiger partial charge < -0.3 is 20.4 Å². The Balaban J connectivity index is 1.58. The number of aromatic nitrogens is 2. The maximum absolute atomic E-state index is 14.7. The van der Waals surface area contributed by atoms with Gasteiger partial charge in [0, 0.05) is 51.0 Å². The van der Waals surface area contributed by atoms with Crippen LogP contribution in [0.2, 0.25) is 0 Å². The lowest BCUT2D eigenvalue weighted by Gasteiger charge is -2.32. The lowest BCUT2D eigenvalue weighted by molar-refractivity contribution is -0.137. The van der Waals surface area contributed by atoms with Gasteiger partial charge in [0.05, 0.1) is 12.1 Å². The van der Waals surface area contributed by atoms with Crippen molar-refractivity contribution in [2.45, 2.75) is 64.5 Å². The number of benzene rings is 1. The van der Waals surface area contributed by atoms with Crippen LogP contribution in [0.25, 0.3) is 0 Å². The summed E-state index contributed by atoms with van der Waals surface area (Å²) in [5, 5.41) is 10.1. The first kappa shape index (κ1) is 29.2. The molecule has 4 rings (SSSR count). The largest absolute Gasteiger partial charge is 0.355 e. The number of carbonyl (C=O) groups excluding carboxylic acids is 4. The molecule has 2 aromatic rings. The van der Waals surface area contributed by atoms with Crippen LogP contribution in [0.15, 0.2) is 30.5 Å². The molecule has 1 fully saturated rings. The van der Waals surface area contributed by atoms with Gasteiger partial charge in [-0.25, -0.2) is 4.39 Å². The Morgan fingerprint density at radius 3 is 2.70 bits per heavy atom. The van der Waals surface area contributed by atoms with Crippen LogP contribution in [0.1, 0.15) is 61.1 Å². The summed E-state index contributed by atoms with van der Waals surface area (Å²) < 4.78 is 16.4. The third-order valence-corrected chi connectivity index (χ3v) is 7.80. The fourth-order valence-corrected chi connectivity index (χ4v) is 5.31. The second kappa shape index (κ2) is 13.1. The third kappa shape index (κ3) is 7.05. The maximum atomic E-state index is 14.7. The molecule has 0 radical (unpaired) electrons. The summed E-state index contributed by atoms with van der Waals surface area (Å²) in [6.07, 6.45) is 4.57. The first-order valence-electron chi connectivity index (χ1n) is 14.0. The first-order chi connectivity index (χ1) is 19.1. The molecule has 40 heavy (non-hydrogen) atoms. The summed E-state index contributed by atoms with van der Waals surface area (Å²) in [5.41, 5.74) is 1.63. The lowest BCUT2D eigenvalue weighted by Crippen LogP contribution is -2.54. The molecule has 0 spiro atoms. The molecule has 3 heterocycles. The zero-order chi connectivity index (χ0) is 28.8. The van der Waals surface area contributed by atoms with Gasteiger partial charge in [-0.2, -0.15) is 5.10 Å². The van der Waals surface area contributed by atoms with Crippen LogP contribution in [0.3, 0.4) is 0 Å². The van der Waals surface area contributed by atoms with Crippen molar-refractivity contribution in [2.24, 2.45) is 13.0 Å². The number of hydrogen-bond donors (Lipinski definition) is 2. The minimum Gasteiger partial charge on any atom is -0.355 e. The Hall–Kier alpha value is -3.76. The standard InChI is InChI=1S/C29H39FN6O4/c1-19(2)24-17-35(27(38)11-9-21-12-14-32-34(21)3)18-26(37)31-13-4-6-20-8-10-23(30)22(16-20)29(40)36-15-5-7-25(36)28(39)33-24/h8,10,12,14,16,19,24-25H,4-7,9,11,13,15,17-18H2,1-3H3,(H,31,37)(H,33,39)/t24-,25-/m0/s1. The van der Waals surface area contributed by atoms with Crippen molar-refractivity contribution < 1.29 is 23.6 Å². The van der Waals surface area contributed by atoms with E-state index in [2.05, 4.69) is 15.7 Å². The maximum Gasteiger partial charge on any atom is 0.257 e. The van der Waals surface area contributed by atoms with Crippen molar-refractivity contribution in [3.05, 3.63) is 53.1 Å². The van der Waals surface area contributed by atoms with Crippen LogP contribution >= 0.6 is 0 Å². The molecule has 0 saturated carbocycles. The highest BCUT2D eigenvalue weighted by molar-refractivity contribution is 5.98. The van der Waals surface area contributed by atoms with Crippen LogP contribution in [0.4, 0.5) is 4.39 Å². The zero-order valence-electron chi connectivity index (χ0n) is 23.5. The summed E-state index contributed by atoms with van der Waals surface area (Å²) in [6.45, 7) is 4.63. The summed E-state index contributed by atoms with van der Waals surface area (Å²) in [7, 11) is 1.81. The quantitative estimate of drug-likeness (QED) is 0.598. The zero-order valence-corrected chi connectivity index (χ0v) is 23.5. The highest BCUT2D eigenvalue weighted by Gasteiger charge is 2.37. The van der Waals surface area contributed by atoms with Crippen molar-refractivity contribution in [1.29, 1.82) is 0 Å². The molecule has 10 nitrogen and oxygen atoms in total. The second-order valence-electron chi connectivity index (χ2n) is 11.0. The smallest absolute Gasteiger partial charge is 0.257 e. The van der Waals surface area contributed by atoms with Gasteiger partial charge in [-0.05, 0) is 61.8 Å². The van der Waals surface area contributed by atoms with Crippen molar-refractivity contribution >= 4 is 23.6 Å². The lowest BCUT2D eigenvalue weighted by atomic mass is 10.0. The van der Waals surface area contributed by atoms with E-state index in [4.69, 9.17) is 0 Å². The molecular weight excluding hydrogens is 515 g/mol. The number of halogens is 1. The van der Waals surface area contributed by atoms with E-state index >= 15 is 0 Å². The van der Waals surface area contributed by atoms with Crippen LogP contribution in [0, 0.1) is 11.7 Å². The molecule has 11 heteroatoms. The van der Waals surface area contributed by atoms with E-state index in [0.29, 0.717) is 45.2 Å². The molecule has 0 unspecified atom stereocenters. The number of nitrogens with zero attached hydrogens (tertiary/aromatic N) is 4. The molecule has 1 aromatic heterocycles. The first-order valence-corrected chi connectivity index (χ1v) is 14.0. The molecule has 2 bridgehead atoms. The topological polar surface area (TPSA) is 117 Å². The summed E-state index contributed by atoms with van der Waals surface area (Å²) in [5.74, 6) is -1.99. The molecule has 2 N–H and O–H groups in total. The van der Waals surface area contributed by atoms with Gasteiger partial charge in [0.2, 0.25) is 17.7 Å². The van der Waals surface area contributed by atoms with Gasteiger partial charge in [0.15, 0.2) is 0 Å². The van der Waals surface area contributed by atoms with Crippen molar-refractivity contribution in [2.75, 3.05) is 26.2 Å².